The molecular weight excluding hydrogens is 320 g/mol. The molecule has 0 heterocycles. The zero-order chi connectivity index (χ0) is 19.1. The number of amides is 1. The molecule has 6 nitrogen and oxygen atoms in total. The van der Waals surface area contributed by atoms with Gasteiger partial charge < -0.3 is 25.6 Å². The van der Waals surface area contributed by atoms with Crippen LogP contribution in [0.2, 0.25) is 0 Å². The number of carbonyl (C=O) groups is 1. The minimum atomic E-state index is -0.870. The van der Waals surface area contributed by atoms with E-state index in [2.05, 4.69) is 10.6 Å². The van der Waals surface area contributed by atoms with Gasteiger partial charge in [-0.3, -0.25) is 4.79 Å². The molecule has 0 aliphatic carbocycles. The molecule has 0 radical (unpaired) electrons. The number of aliphatic hydroxyl groups is 1. The van der Waals surface area contributed by atoms with Crippen molar-refractivity contribution < 1.29 is 21.1 Å². The van der Waals surface area contributed by atoms with Crippen LogP contribution in [-0.2, 0) is 11.2 Å². The van der Waals surface area contributed by atoms with Crippen molar-refractivity contribution in [2.24, 2.45) is 0 Å². The van der Waals surface area contributed by atoms with Crippen molar-refractivity contribution in [3.05, 3.63) is 53.6 Å². The first-order valence-corrected chi connectivity index (χ1v) is 8.02. The number of carbonyl (C=O) groups excluding carboxylic acids is 1. The average molecular weight is 345 g/mol. The lowest BCUT2D eigenvalue weighted by atomic mass is 10.1. The topological polar surface area (TPSA) is 90.8 Å². The zero-order valence-electron chi connectivity index (χ0n) is 15.3. The molecule has 0 aromatic heterocycles. The highest BCUT2D eigenvalue weighted by Crippen LogP contribution is 2.26. The van der Waals surface area contributed by atoms with Crippen molar-refractivity contribution in [2.45, 2.75) is 25.5 Å². The van der Waals surface area contributed by atoms with E-state index in [9.17, 15) is 15.0 Å². The van der Waals surface area contributed by atoms with Crippen molar-refractivity contribution in [3.63, 3.8) is 0 Å². The van der Waals surface area contributed by atoms with Crippen molar-refractivity contribution >= 4 is 12.1 Å². The van der Waals surface area contributed by atoms with Crippen LogP contribution in [0.3, 0.4) is 0 Å². The summed E-state index contributed by atoms with van der Waals surface area (Å²) in [7, 11) is 1.63. The van der Waals surface area contributed by atoms with E-state index in [4.69, 9.17) is 6.11 Å². The minimum absolute atomic E-state index is 0.104. The van der Waals surface area contributed by atoms with Gasteiger partial charge in [0.05, 0.1) is 20.3 Å². The van der Waals surface area contributed by atoms with E-state index in [1.165, 1.54) is 12.1 Å². The summed E-state index contributed by atoms with van der Waals surface area (Å²) in [5, 5.41) is 25.7. The zero-order valence-corrected chi connectivity index (χ0v) is 14.3. The van der Waals surface area contributed by atoms with Gasteiger partial charge in [0.2, 0.25) is 6.41 Å². The molecule has 0 spiro atoms. The van der Waals surface area contributed by atoms with Gasteiger partial charge >= 0.3 is 0 Å². The fraction of sp³-hybridized carbons (Fsp3) is 0.316. The van der Waals surface area contributed by atoms with E-state index in [1.54, 1.807) is 7.11 Å². The number of aliphatic hydroxyl groups excluding tert-OH is 1. The third kappa shape index (κ3) is 5.48. The molecule has 0 fully saturated rings. The molecule has 4 N–H and O–H groups in total. The maximum Gasteiger partial charge on any atom is 0.211 e. The van der Waals surface area contributed by atoms with Crippen LogP contribution in [0, 0.1) is 0 Å². The summed E-state index contributed by atoms with van der Waals surface area (Å²) in [6, 6.07) is 10.6. The molecule has 0 saturated carbocycles. The summed E-state index contributed by atoms with van der Waals surface area (Å²) in [4.78, 5) is 10.6. The van der Waals surface area contributed by atoms with Crippen LogP contribution in [0.15, 0.2) is 42.4 Å². The van der Waals surface area contributed by atoms with Gasteiger partial charge in [-0.05, 0) is 48.7 Å². The van der Waals surface area contributed by atoms with E-state index in [0.717, 1.165) is 17.7 Å². The first-order valence-electron chi connectivity index (χ1n) is 8.52. The van der Waals surface area contributed by atoms with Crippen LogP contribution >= 0.6 is 0 Å². The Balaban J connectivity index is 1.94. The fourth-order valence-corrected chi connectivity index (χ4v) is 2.49. The number of phenolic OH excluding ortho intramolecular Hbond substituents is 1. The highest BCUT2D eigenvalue weighted by molar-refractivity contribution is 5.75. The lowest BCUT2D eigenvalue weighted by Gasteiger charge is -2.18. The second-order valence-corrected chi connectivity index (χ2v) is 5.83. The Morgan fingerprint density at radius 1 is 1.32 bits per heavy atom. The van der Waals surface area contributed by atoms with E-state index < -0.39 is 6.10 Å². The number of aromatic hydroxyl groups is 1. The molecule has 1 amide bonds. The van der Waals surface area contributed by atoms with Crippen LogP contribution in [0.5, 0.6) is 11.5 Å². The lowest BCUT2D eigenvalue weighted by Crippen LogP contribution is -2.32. The molecule has 0 bridgehead atoms. The second-order valence-electron chi connectivity index (χ2n) is 5.83. The first kappa shape index (κ1) is 17.3. The van der Waals surface area contributed by atoms with Gasteiger partial charge in [0.25, 0.3) is 0 Å². The Hall–Kier alpha value is -2.57. The molecule has 2 aromatic rings. The highest BCUT2D eigenvalue weighted by Gasteiger charge is 2.12. The van der Waals surface area contributed by atoms with Crippen LogP contribution in [0.1, 0.15) is 25.5 Å². The maximum absolute atomic E-state index is 10.6. The normalized spacial score (nSPS) is 13.6. The van der Waals surface area contributed by atoms with Crippen molar-refractivity contribution in [1.29, 1.82) is 0 Å². The Kier molecular flexibility index (Phi) is 6.25. The Bertz CT molecular complexity index is 737. The maximum atomic E-state index is 10.6. The Morgan fingerprint density at radius 2 is 2.04 bits per heavy atom. The lowest BCUT2D eigenvalue weighted by molar-refractivity contribution is -0.105. The average Bonchev–Trinajstić information content (AvgIpc) is 2.64. The van der Waals surface area contributed by atoms with Crippen LogP contribution < -0.4 is 15.4 Å². The molecule has 25 heavy (non-hydrogen) atoms. The molecule has 134 valence electrons. The number of rotatable bonds is 9. The molecule has 2 aromatic carbocycles. The second kappa shape index (κ2) is 9.05. The monoisotopic (exact) mass is 345 g/mol. The third-order valence-electron chi connectivity index (χ3n) is 3.90. The Morgan fingerprint density at radius 3 is 2.68 bits per heavy atom. The molecule has 0 aliphatic heterocycles. The molecule has 6 heteroatoms. The summed E-state index contributed by atoms with van der Waals surface area (Å²) < 4.78 is 12.9. The predicted molar refractivity (Wildman–Crippen MR) is 96.9 cm³/mol. The number of hydrogen-bond acceptors (Lipinski definition) is 5. The van der Waals surface area contributed by atoms with Crippen molar-refractivity contribution in [3.8, 4) is 11.5 Å². The molecular formula is C19H24N2O4. The summed E-state index contributed by atoms with van der Waals surface area (Å²) in [5.41, 5.74) is 1.70. The summed E-state index contributed by atoms with van der Waals surface area (Å²) in [6.45, 7) is 2.30. The standard InChI is InChI=1S/C19H24N2O4/c1-13(9-14-3-6-16(25-2)7-4-14)20-11-19(24)15-5-8-18(23)17(10-15)21-12-22/h3-8,10,12-13,19-20,23-24H,9,11H2,1-2H3,(H,21,22)/i8D. The molecule has 0 aliphatic rings. The van der Waals surface area contributed by atoms with Gasteiger partial charge in [-0.25, -0.2) is 0 Å². The number of nitrogens with one attached hydrogen (secondary N) is 2. The minimum Gasteiger partial charge on any atom is -0.506 e. The van der Waals surface area contributed by atoms with Crippen LogP contribution in [0.25, 0.3) is 0 Å². The van der Waals surface area contributed by atoms with Crippen LogP contribution in [0.4, 0.5) is 5.69 Å². The molecule has 2 rings (SSSR count). The van der Waals surface area contributed by atoms with Crippen molar-refractivity contribution in [2.75, 3.05) is 19.0 Å². The number of methoxy groups -OCH3 is 1. The first-order chi connectivity index (χ1) is 12.4. The quantitative estimate of drug-likeness (QED) is 0.413. The Labute approximate surface area is 148 Å². The fourth-order valence-electron chi connectivity index (χ4n) is 2.49. The summed E-state index contributed by atoms with van der Waals surface area (Å²) >= 11 is 0. The number of anilines is 1. The van der Waals surface area contributed by atoms with E-state index in [1.807, 2.05) is 31.2 Å². The van der Waals surface area contributed by atoms with Gasteiger partial charge in [-0.15, -0.1) is 0 Å². The largest absolute Gasteiger partial charge is 0.506 e. The SMILES string of the molecule is [2H]c1cc(C(O)CNC(C)Cc2ccc(OC)cc2)cc(NC=O)c1O. The highest BCUT2D eigenvalue weighted by atomic mass is 16.5. The summed E-state index contributed by atoms with van der Waals surface area (Å²) in [6.07, 6.45) is 0.332. The van der Waals surface area contributed by atoms with Crippen molar-refractivity contribution in [1.82, 2.24) is 5.32 Å². The van der Waals surface area contributed by atoms with E-state index >= 15 is 0 Å². The number of benzene rings is 2. The van der Waals surface area contributed by atoms with Gasteiger partial charge in [0.15, 0.2) is 0 Å². The summed E-state index contributed by atoms with van der Waals surface area (Å²) in [5.74, 6) is 0.483. The van der Waals surface area contributed by atoms with Gasteiger partial charge in [-0.2, -0.15) is 0 Å². The third-order valence-corrected chi connectivity index (χ3v) is 3.90. The molecule has 0 saturated heterocycles. The van der Waals surface area contributed by atoms with Crippen LogP contribution in [-0.4, -0.2) is 36.3 Å². The molecule has 2 atom stereocenters. The van der Waals surface area contributed by atoms with Gasteiger partial charge in [0, 0.05) is 12.6 Å². The van der Waals surface area contributed by atoms with E-state index in [0.29, 0.717) is 12.0 Å². The number of ether oxygens (including phenoxy) is 1. The number of phenols is 1. The van der Waals surface area contributed by atoms with E-state index in [-0.39, 0.29) is 30.1 Å². The van der Waals surface area contributed by atoms with Gasteiger partial charge in [-0.1, -0.05) is 18.2 Å². The molecule has 2 unspecified atom stereocenters. The predicted octanol–water partition coefficient (Wildman–Crippen LogP) is 2.22. The smallest absolute Gasteiger partial charge is 0.211 e. The van der Waals surface area contributed by atoms with Gasteiger partial charge in [0.1, 0.15) is 11.5 Å². The number of hydrogen-bond donors (Lipinski definition) is 4.